The van der Waals surface area contributed by atoms with E-state index in [0.29, 0.717) is 0 Å². The third-order valence-corrected chi connectivity index (χ3v) is 1.33. The predicted molar refractivity (Wildman–Crippen MR) is 34.0 cm³/mol. The van der Waals surface area contributed by atoms with E-state index >= 15 is 0 Å². The SMILES string of the molecule is C/C=C/C1CC(=O)OC1=O. The second-order valence-corrected chi connectivity index (χ2v) is 2.13. The molecule has 0 aromatic heterocycles. The van der Waals surface area contributed by atoms with E-state index in [4.69, 9.17) is 0 Å². The van der Waals surface area contributed by atoms with Gasteiger partial charge in [-0.1, -0.05) is 12.2 Å². The Morgan fingerprint density at radius 1 is 1.60 bits per heavy atom. The summed E-state index contributed by atoms with van der Waals surface area (Å²) in [5, 5.41) is 0. The molecular weight excluding hydrogens is 132 g/mol. The van der Waals surface area contributed by atoms with E-state index in [9.17, 15) is 9.59 Å². The highest BCUT2D eigenvalue weighted by atomic mass is 16.6. The van der Waals surface area contributed by atoms with Gasteiger partial charge in [-0.15, -0.1) is 0 Å². The number of cyclic esters (lactones) is 2. The number of ether oxygens (including phenoxy) is 1. The van der Waals surface area contributed by atoms with Crippen LogP contribution in [0.15, 0.2) is 12.2 Å². The van der Waals surface area contributed by atoms with Crippen molar-refractivity contribution in [2.45, 2.75) is 13.3 Å². The molecular formula is C7H8O3. The van der Waals surface area contributed by atoms with Crippen molar-refractivity contribution < 1.29 is 14.3 Å². The first kappa shape index (κ1) is 6.99. The van der Waals surface area contributed by atoms with E-state index in [1.165, 1.54) is 0 Å². The fraction of sp³-hybridized carbons (Fsp3) is 0.429. The van der Waals surface area contributed by atoms with E-state index in [0.717, 1.165) is 0 Å². The molecule has 3 heteroatoms. The summed E-state index contributed by atoms with van der Waals surface area (Å²) in [6.07, 6.45) is 3.61. The van der Waals surface area contributed by atoms with Crippen molar-refractivity contribution in [1.82, 2.24) is 0 Å². The summed E-state index contributed by atoms with van der Waals surface area (Å²) in [6, 6.07) is 0. The van der Waals surface area contributed by atoms with Crippen molar-refractivity contribution in [3.8, 4) is 0 Å². The normalized spacial score (nSPS) is 25.9. The van der Waals surface area contributed by atoms with Crippen molar-refractivity contribution in [1.29, 1.82) is 0 Å². The summed E-state index contributed by atoms with van der Waals surface area (Å²) in [4.78, 5) is 21.1. The average molecular weight is 140 g/mol. The van der Waals surface area contributed by atoms with Crippen LogP contribution in [0.2, 0.25) is 0 Å². The lowest BCUT2D eigenvalue weighted by atomic mass is 10.1. The summed E-state index contributed by atoms with van der Waals surface area (Å²) >= 11 is 0. The molecule has 0 aromatic rings. The van der Waals surface area contributed by atoms with Crippen LogP contribution < -0.4 is 0 Å². The topological polar surface area (TPSA) is 43.4 Å². The molecule has 1 saturated heterocycles. The second kappa shape index (κ2) is 2.64. The molecule has 1 heterocycles. The number of carbonyl (C=O) groups excluding carboxylic acids is 2. The molecule has 10 heavy (non-hydrogen) atoms. The molecule has 0 aliphatic carbocycles. The third-order valence-electron chi connectivity index (χ3n) is 1.33. The standard InChI is InChI=1S/C7H8O3/c1-2-3-5-4-6(8)10-7(5)9/h2-3,5H,4H2,1H3/b3-2+. The molecule has 0 spiro atoms. The van der Waals surface area contributed by atoms with Gasteiger partial charge in [-0.3, -0.25) is 9.59 Å². The zero-order valence-electron chi connectivity index (χ0n) is 5.66. The first-order valence-electron chi connectivity index (χ1n) is 3.11. The maximum absolute atomic E-state index is 10.7. The molecule has 1 aliphatic heterocycles. The fourth-order valence-electron chi connectivity index (χ4n) is 0.871. The Hall–Kier alpha value is -1.12. The van der Waals surface area contributed by atoms with E-state index < -0.39 is 11.9 Å². The van der Waals surface area contributed by atoms with E-state index in [1.54, 1.807) is 19.1 Å². The highest BCUT2D eigenvalue weighted by molar-refractivity contribution is 5.95. The van der Waals surface area contributed by atoms with Gasteiger partial charge in [-0.25, -0.2) is 0 Å². The zero-order chi connectivity index (χ0) is 7.56. The molecule has 0 aromatic carbocycles. The Labute approximate surface area is 58.7 Å². The molecule has 0 saturated carbocycles. The monoisotopic (exact) mass is 140 g/mol. The van der Waals surface area contributed by atoms with E-state index in [1.807, 2.05) is 0 Å². The van der Waals surface area contributed by atoms with Crippen LogP contribution in [-0.2, 0) is 14.3 Å². The van der Waals surface area contributed by atoms with Crippen LogP contribution in [-0.4, -0.2) is 11.9 Å². The molecule has 0 amide bonds. The lowest BCUT2D eigenvalue weighted by Crippen LogP contribution is -2.03. The lowest BCUT2D eigenvalue weighted by molar-refractivity contribution is -0.152. The number of esters is 2. The third kappa shape index (κ3) is 1.23. The Kier molecular flexibility index (Phi) is 1.85. The summed E-state index contributed by atoms with van der Waals surface area (Å²) in [5.74, 6) is -1.19. The minimum absolute atomic E-state index is 0.198. The average Bonchev–Trinajstić information content (AvgIpc) is 2.13. The highest BCUT2D eigenvalue weighted by Crippen LogP contribution is 2.16. The summed E-state index contributed by atoms with van der Waals surface area (Å²) < 4.78 is 4.30. The molecule has 0 bridgehead atoms. The van der Waals surface area contributed by atoms with Crippen molar-refractivity contribution in [2.75, 3.05) is 0 Å². The van der Waals surface area contributed by atoms with Gasteiger partial charge in [0.25, 0.3) is 0 Å². The van der Waals surface area contributed by atoms with Crippen molar-refractivity contribution in [3.05, 3.63) is 12.2 Å². The molecule has 0 radical (unpaired) electrons. The summed E-state index contributed by atoms with van der Waals surface area (Å²) in [7, 11) is 0. The zero-order valence-corrected chi connectivity index (χ0v) is 5.66. The Morgan fingerprint density at radius 2 is 2.30 bits per heavy atom. The molecule has 0 N–H and O–H groups in total. The largest absolute Gasteiger partial charge is 0.393 e. The van der Waals surface area contributed by atoms with Gasteiger partial charge >= 0.3 is 11.9 Å². The van der Waals surface area contributed by atoms with E-state index in [2.05, 4.69) is 4.74 Å². The fourth-order valence-corrected chi connectivity index (χ4v) is 0.871. The van der Waals surface area contributed by atoms with Crippen molar-refractivity contribution in [2.24, 2.45) is 5.92 Å². The number of carbonyl (C=O) groups is 2. The van der Waals surface area contributed by atoms with Crippen LogP contribution in [0.3, 0.4) is 0 Å². The van der Waals surface area contributed by atoms with Gasteiger partial charge in [0.05, 0.1) is 12.3 Å². The number of rotatable bonds is 1. The van der Waals surface area contributed by atoms with Gasteiger partial charge in [0.15, 0.2) is 0 Å². The second-order valence-electron chi connectivity index (χ2n) is 2.13. The van der Waals surface area contributed by atoms with Gasteiger partial charge in [0.2, 0.25) is 0 Å². The minimum Gasteiger partial charge on any atom is -0.393 e. The van der Waals surface area contributed by atoms with Gasteiger partial charge in [-0.2, -0.15) is 0 Å². The van der Waals surface area contributed by atoms with Crippen molar-refractivity contribution >= 4 is 11.9 Å². The number of allylic oxidation sites excluding steroid dienone is 1. The predicted octanol–water partition coefficient (Wildman–Crippen LogP) is 0.652. The Morgan fingerprint density at radius 3 is 2.70 bits per heavy atom. The first-order valence-corrected chi connectivity index (χ1v) is 3.11. The summed E-state index contributed by atoms with van der Waals surface area (Å²) in [6.45, 7) is 1.80. The number of hydrogen-bond acceptors (Lipinski definition) is 3. The van der Waals surface area contributed by atoms with Gasteiger partial charge < -0.3 is 4.74 Å². The van der Waals surface area contributed by atoms with Gasteiger partial charge in [0.1, 0.15) is 0 Å². The molecule has 1 rings (SSSR count). The van der Waals surface area contributed by atoms with Crippen molar-refractivity contribution in [3.63, 3.8) is 0 Å². The molecule has 1 fully saturated rings. The quantitative estimate of drug-likeness (QED) is 0.305. The van der Waals surface area contributed by atoms with Gasteiger partial charge in [0, 0.05) is 0 Å². The van der Waals surface area contributed by atoms with E-state index in [-0.39, 0.29) is 12.3 Å². The molecule has 1 unspecified atom stereocenters. The minimum atomic E-state index is -0.428. The molecule has 1 aliphatic rings. The van der Waals surface area contributed by atoms with Crippen LogP contribution in [0, 0.1) is 5.92 Å². The smallest absolute Gasteiger partial charge is 0.321 e. The van der Waals surface area contributed by atoms with Crippen LogP contribution in [0.4, 0.5) is 0 Å². The van der Waals surface area contributed by atoms with Crippen LogP contribution in [0.1, 0.15) is 13.3 Å². The van der Waals surface area contributed by atoms with Crippen LogP contribution in [0.25, 0.3) is 0 Å². The Balaban J connectivity index is 2.63. The summed E-state index contributed by atoms with van der Waals surface area (Å²) in [5.41, 5.74) is 0. The molecule has 3 nitrogen and oxygen atoms in total. The lowest BCUT2D eigenvalue weighted by Gasteiger charge is -1.91. The Bertz CT molecular complexity index is 193. The van der Waals surface area contributed by atoms with Crippen LogP contribution >= 0.6 is 0 Å². The molecule has 1 atom stereocenters. The number of hydrogen-bond donors (Lipinski definition) is 0. The molecule has 54 valence electrons. The van der Waals surface area contributed by atoms with Crippen LogP contribution in [0.5, 0.6) is 0 Å². The maximum atomic E-state index is 10.7. The first-order chi connectivity index (χ1) is 4.74. The maximum Gasteiger partial charge on any atom is 0.321 e. The highest BCUT2D eigenvalue weighted by Gasteiger charge is 2.30. The van der Waals surface area contributed by atoms with Gasteiger partial charge in [-0.05, 0) is 6.92 Å².